The first-order chi connectivity index (χ1) is 19.1. The molecule has 2 aromatic heterocycles. The van der Waals surface area contributed by atoms with Crippen LogP contribution in [0.25, 0.3) is 0 Å². The van der Waals surface area contributed by atoms with Gasteiger partial charge in [0, 0.05) is 57.6 Å². The van der Waals surface area contributed by atoms with Gasteiger partial charge in [0.2, 0.25) is 0 Å². The number of pyridine rings is 1. The first-order valence-electron chi connectivity index (χ1n) is 13.5. The maximum atomic E-state index is 13.5. The minimum Gasteiger partial charge on any atom is -0.485 e. The number of carbonyl (C=O) groups is 2. The predicted molar refractivity (Wildman–Crippen MR) is 165 cm³/mol. The zero-order chi connectivity index (χ0) is 28.7. The van der Waals surface area contributed by atoms with Crippen LogP contribution in [0.15, 0.2) is 54.0 Å². The first-order valence-corrected chi connectivity index (χ1v) is 18.5. The smallest absolute Gasteiger partial charge is 0.407 e. The fraction of sp³-hybridized carbons (Fsp3) is 0.414. The van der Waals surface area contributed by atoms with Crippen LogP contribution in [0.5, 0.6) is 5.75 Å². The van der Waals surface area contributed by atoms with Gasteiger partial charge in [-0.05, 0) is 48.5 Å². The van der Waals surface area contributed by atoms with Crippen molar-refractivity contribution in [1.82, 2.24) is 10.3 Å². The van der Waals surface area contributed by atoms with Crippen LogP contribution in [0, 0.1) is 0 Å². The number of thiophene rings is 1. The molecule has 3 heterocycles. The third-order valence-corrected chi connectivity index (χ3v) is 9.57. The SMILES string of the molecule is CN1CCN(c2cccc(OC(CCCOC(=O)NCC[Si](C)(C)C)c3cccs3)c2)C(=O)c2cnc(Cl)cc21. The minimum atomic E-state index is -1.20. The molecule has 0 saturated carbocycles. The molecule has 0 bridgehead atoms. The van der Waals surface area contributed by atoms with Crippen LogP contribution in [0.2, 0.25) is 30.8 Å². The number of carbonyl (C=O) groups excluding carboxylic acids is 2. The molecule has 0 saturated heterocycles. The Balaban J connectivity index is 1.39. The molecule has 1 aromatic carbocycles. The number of alkyl carbamates (subject to hydrolysis) is 1. The number of amides is 2. The number of hydrogen-bond donors (Lipinski definition) is 1. The summed E-state index contributed by atoms with van der Waals surface area (Å²) in [6.45, 7) is 8.95. The molecule has 40 heavy (non-hydrogen) atoms. The molecule has 8 nitrogen and oxygen atoms in total. The molecule has 4 rings (SSSR count). The Morgan fingerprint density at radius 3 is 2.77 bits per heavy atom. The number of hydrogen-bond acceptors (Lipinski definition) is 7. The van der Waals surface area contributed by atoms with E-state index in [0.29, 0.717) is 55.5 Å². The molecule has 0 fully saturated rings. The number of rotatable bonds is 11. The van der Waals surface area contributed by atoms with Crippen LogP contribution < -0.4 is 19.9 Å². The maximum absolute atomic E-state index is 13.5. The highest BCUT2D eigenvalue weighted by Crippen LogP contribution is 2.33. The predicted octanol–water partition coefficient (Wildman–Crippen LogP) is 6.86. The second kappa shape index (κ2) is 13.5. The molecule has 1 aliphatic heterocycles. The number of ether oxygens (including phenoxy) is 2. The average Bonchev–Trinajstić information content (AvgIpc) is 3.41. The molecule has 1 aliphatic rings. The number of benzene rings is 1. The monoisotopic (exact) mass is 600 g/mol. The molecular formula is C29H37ClN4O4SSi. The maximum Gasteiger partial charge on any atom is 0.407 e. The first kappa shape index (κ1) is 29.9. The van der Waals surface area contributed by atoms with Crippen molar-refractivity contribution in [3.05, 3.63) is 69.6 Å². The van der Waals surface area contributed by atoms with Crippen molar-refractivity contribution in [1.29, 1.82) is 0 Å². The Bertz CT molecular complexity index is 1300. The number of nitrogens with zero attached hydrogens (tertiary/aromatic N) is 3. The van der Waals surface area contributed by atoms with Crippen molar-refractivity contribution >= 4 is 54.4 Å². The van der Waals surface area contributed by atoms with Gasteiger partial charge in [-0.25, -0.2) is 9.78 Å². The fourth-order valence-corrected chi connectivity index (χ4v) is 6.23. The molecular weight excluding hydrogens is 564 g/mol. The van der Waals surface area contributed by atoms with Gasteiger partial charge in [-0.1, -0.05) is 43.4 Å². The van der Waals surface area contributed by atoms with E-state index in [4.69, 9.17) is 21.1 Å². The molecule has 1 unspecified atom stereocenters. The summed E-state index contributed by atoms with van der Waals surface area (Å²) in [5, 5.41) is 5.23. The Hall–Kier alpha value is -3.08. The highest BCUT2D eigenvalue weighted by molar-refractivity contribution is 7.10. The van der Waals surface area contributed by atoms with E-state index in [0.717, 1.165) is 22.3 Å². The van der Waals surface area contributed by atoms with Gasteiger partial charge < -0.3 is 24.6 Å². The lowest BCUT2D eigenvalue weighted by Crippen LogP contribution is -2.33. The second-order valence-corrected chi connectivity index (χ2v) is 18.0. The van der Waals surface area contributed by atoms with Crippen LogP contribution in [-0.4, -0.2) is 58.3 Å². The van der Waals surface area contributed by atoms with E-state index in [1.807, 2.05) is 53.7 Å². The Labute approximate surface area is 246 Å². The van der Waals surface area contributed by atoms with Crippen molar-refractivity contribution < 1.29 is 19.1 Å². The van der Waals surface area contributed by atoms with Gasteiger partial charge in [0.05, 0.1) is 17.9 Å². The lowest BCUT2D eigenvalue weighted by Gasteiger charge is -2.23. The molecule has 214 valence electrons. The van der Waals surface area contributed by atoms with Crippen LogP contribution in [-0.2, 0) is 4.74 Å². The normalized spacial score (nSPS) is 14.4. The van der Waals surface area contributed by atoms with Gasteiger partial charge in [-0.3, -0.25) is 4.79 Å². The van der Waals surface area contributed by atoms with Crippen LogP contribution >= 0.6 is 22.9 Å². The molecule has 0 radical (unpaired) electrons. The third-order valence-electron chi connectivity index (χ3n) is 6.65. The quantitative estimate of drug-likeness (QED) is 0.147. The third kappa shape index (κ3) is 8.22. The number of anilines is 2. The van der Waals surface area contributed by atoms with Gasteiger partial charge in [-0.15, -0.1) is 11.3 Å². The van der Waals surface area contributed by atoms with Gasteiger partial charge in [-0.2, -0.15) is 0 Å². The van der Waals surface area contributed by atoms with E-state index in [9.17, 15) is 9.59 Å². The van der Waals surface area contributed by atoms with E-state index in [-0.39, 0.29) is 18.1 Å². The molecule has 2 amide bonds. The molecule has 11 heteroatoms. The summed E-state index contributed by atoms with van der Waals surface area (Å²) in [7, 11) is 0.738. The number of halogens is 1. The highest BCUT2D eigenvalue weighted by Gasteiger charge is 2.27. The van der Waals surface area contributed by atoms with Crippen molar-refractivity contribution in [3.63, 3.8) is 0 Å². The zero-order valence-electron chi connectivity index (χ0n) is 23.5. The summed E-state index contributed by atoms with van der Waals surface area (Å²) < 4.78 is 11.8. The summed E-state index contributed by atoms with van der Waals surface area (Å²) >= 11 is 7.73. The average molecular weight is 601 g/mol. The Kier molecular flexibility index (Phi) is 10.1. The van der Waals surface area contributed by atoms with Crippen molar-refractivity contribution in [2.45, 2.75) is 44.6 Å². The molecule has 3 aromatic rings. The molecule has 0 aliphatic carbocycles. The summed E-state index contributed by atoms with van der Waals surface area (Å²) in [4.78, 5) is 34.5. The van der Waals surface area contributed by atoms with E-state index >= 15 is 0 Å². The van der Waals surface area contributed by atoms with E-state index in [2.05, 4.69) is 29.9 Å². The van der Waals surface area contributed by atoms with E-state index < -0.39 is 8.07 Å². The molecule has 0 spiro atoms. The second-order valence-electron chi connectivity index (χ2n) is 11.0. The van der Waals surface area contributed by atoms with Gasteiger partial charge in [0.1, 0.15) is 17.0 Å². The van der Waals surface area contributed by atoms with Gasteiger partial charge in [0.25, 0.3) is 5.91 Å². The van der Waals surface area contributed by atoms with Crippen molar-refractivity contribution in [2.24, 2.45) is 0 Å². The number of likely N-dealkylation sites (N-methyl/N-ethyl adjacent to an activating group) is 1. The minimum absolute atomic E-state index is 0.129. The fourth-order valence-electron chi connectivity index (χ4n) is 4.41. The molecule has 1 N–H and O–H groups in total. The van der Waals surface area contributed by atoms with E-state index in [1.54, 1.807) is 22.3 Å². The number of nitrogens with one attached hydrogen (secondary N) is 1. The lowest BCUT2D eigenvalue weighted by atomic mass is 10.1. The highest BCUT2D eigenvalue weighted by atomic mass is 35.5. The lowest BCUT2D eigenvalue weighted by molar-refractivity contribution is 0.0989. The standard InChI is InChI=1S/C29H37ClN4O4SSi/c1-33-13-14-34(28(35)23-20-32-27(30)19-24(23)33)21-8-5-9-22(18-21)38-25(26-11-7-16-39-26)10-6-15-37-29(36)31-12-17-40(2,3)4/h5,7-9,11,16,18-20,25H,6,10,12-15,17H2,1-4H3,(H,31,36). The summed E-state index contributed by atoms with van der Waals surface area (Å²) in [6.07, 6.45) is 2.31. The number of fused-ring (bicyclic) bond motifs is 1. The number of aromatic nitrogens is 1. The summed E-state index contributed by atoms with van der Waals surface area (Å²) in [5.41, 5.74) is 2.03. The molecule has 1 atom stereocenters. The van der Waals surface area contributed by atoms with Gasteiger partial charge in [0.15, 0.2) is 0 Å². The van der Waals surface area contributed by atoms with Gasteiger partial charge >= 0.3 is 6.09 Å². The summed E-state index contributed by atoms with van der Waals surface area (Å²) in [5.74, 6) is 0.538. The summed E-state index contributed by atoms with van der Waals surface area (Å²) in [6, 6.07) is 14.4. The largest absolute Gasteiger partial charge is 0.485 e. The van der Waals surface area contributed by atoms with Crippen LogP contribution in [0.4, 0.5) is 16.2 Å². The topological polar surface area (TPSA) is 84.0 Å². The van der Waals surface area contributed by atoms with Crippen molar-refractivity contribution in [3.8, 4) is 5.75 Å². The Morgan fingerprint density at radius 2 is 2.02 bits per heavy atom. The van der Waals surface area contributed by atoms with Crippen LogP contribution in [0.1, 0.15) is 34.2 Å². The Morgan fingerprint density at radius 1 is 1.20 bits per heavy atom. The zero-order valence-corrected chi connectivity index (χ0v) is 26.1. The van der Waals surface area contributed by atoms with Crippen LogP contribution in [0.3, 0.4) is 0 Å². The van der Waals surface area contributed by atoms with E-state index in [1.165, 1.54) is 6.20 Å². The van der Waals surface area contributed by atoms with Crippen molar-refractivity contribution in [2.75, 3.05) is 43.1 Å².